The van der Waals surface area contributed by atoms with Crippen LogP contribution in [-0.2, 0) is 16.1 Å². The summed E-state index contributed by atoms with van der Waals surface area (Å²) in [6.07, 6.45) is 1.21. The van der Waals surface area contributed by atoms with Crippen LogP contribution in [0.4, 0.5) is 5.82 Å². The third-order valence-electron chi connectivity index (χ3n) is 4.92. The Bertz CT molecular complexity index is 1120. The summed E-state index contributed by atoms with van der Waals surface area (Å²) in [6, 6.07) is 11.2. The summed E-state index contributed by atoms with van der Waals surface area (Å²) >= 11 is 12.0. The Hall–Kier alpha value is -2.90. The second-order valence-electron chi connectivity index (χ2n) is 6.96. The molecule has 1 aliphatic heterocycles. The number of para-hydroxylation sites is 1. The average Bonchev–Trinajstić information content (AvgIpc) is 3.21. The number of benzene rings is 2. The molecule has 1 aromatic heterocycles. The molecule has 0 radical (unpaired) electrons. The number of rotatable bonds is 4. The summed E-state index contributed by atoms with van der Waals surface area (Å²) in [7, 11) is 0. The third kappa shape index (κ3) is 4.17. The molecule has 0 aliphatic carbocycles. The van der Waals surface area contributed by atoms with Crippen molar-refractivity contribution >= 4 is 51.8 Å². The minimum absolute atomic E-state index is 0.130. The van der Waals surface area contributed by atoms with Gasteiger partial charge in [-0.3, -0.25) is 4.79 Å². The molecule has 1 amide bonds. The van der Waals surface area contributed by atoms with Crippen LogP contribution >= 0.6 is 23.2 Å². The topological polar surface area (TPSA) is 98.4 Å². The molecule has 2 heterocycles. The van der Waals surface area contributed by atoms with Gasteiger partial charge in [0.15, 0.2) is 12.4 Å². The third-order valence-corrected chi connectivity index (χ3v) is 5.35. The van der Waals surface area contributed by atoms with Crippen molar-refractivity contribution in [3.63, 3.8) is 0 Å². The van der Waals surface area contributed by atoms with Gasteiger partial charge in [0.05, 0.1) is 5.52 Å². The molecule has 3 aromatic rings. The van der Waals surface area contributed by atoms with E-state index in [0.717, 1.165) is 5.39 Å². The van der Waals surface area contributed by atoms with Gasteiger partial charge in [-0.2, -0.15) is 0 Å². The van der Waals surface area contributed by atoms with Crippen LogP contribution in [0.3, 0.4) is 0 Å². The number of likely N-dealkylation sites (tertiary alicyclic amines) is 1. The summed E-state index contributed by atoms with van der Waals surface area (Å²) in [4.78, 5) is 35.6. The molecule has 154 valence electrons. The largest absolute Gasteiger partial charge is 0.456 e. The summed E-state index contributed by atoms with van der Waals surface area (Å²) in [5, 5.41) is 1.45. The lowest BCUT2D eigenvalue weighted by molar-refractivity contribution is -0.149. The van der Waals surface area contributed by atoms with Crippen molar-refractivity contribution in [3.8, 4) is 0 Å². The van der Waals surface area contributed by atoms with Crippen LogP contribution in [0.2, 0.25) is 10.0 Å². The zero-order chi connectivity index (χ0) is 21.3. The van der Waals surface area contributed by atoms with E-state index in [9.17, 15) is 9.59 Å². The smallest absolute Gasteiger partial charge is 0.329 e. The van der Waals surface area contributed by atoms with E-state index in [-0.39, 0.29) is 12.5 Å². The Morgan fingerprint density at radius 1 is 1.13 bits per heavy atom. The molecule has 9 heteroatoms. The van der Waals surface area contributed by atoms with Crippen LogP contribution in [0, 0.1) is 0 Å². The number of aromatic nitrogens is 2. The van der Waals surface area contributed by atoms with Crippen LogP contribution < -0.4 is 5.73 Å². The number of anilines is 1. The van der Waals surface area contributed by atoms with Gasteiger partial charge < -0.3 is 15.4 Å². The fourth-order valence-corrected chi connectivity index (χ4v) is 4.07. The second-order valence-corrected chi connectivity index (χ2v) is 7.84. The van der Waals surface area contributed by atoms with E-state index in [2.05, 4.69) is 9.97 Å². The van der Waals surface area contributed by atoms with Gasteiger partial charge in [-0.15, -0.1) is 0 Å². The number of carbonyl (C=O) groups excluding carboxylic acids is 2. The Morgan fingerprint density at radius 2 is 1.87 bits per heavy atom. The molecule has 0 spiro atoms. The Morgan fingerprint density at radius 3 is 2.63 bits per heavy atom. The molecule has 1 saturated heterocycles. The number of esters is 1. The van der Waals surface area contributed by atoms with Crippen LogP contribution in [0.15, 0.2) is 42.5 Å². The highest BCUT2D eigenvalue weighted by atomic mass is 35.5. The molecule has 0 saturated carbocycles. The first-order valence-corrected chi connectivity index (χ1v) is 10.1. The molecule has 30 heavy (non-hydrogen) atoms. The Labute approximate surface area is 182 Å². The quantitative estimate of drug-likeness (QED) is 0.613. The fraction of sp³-hybridized carbons (Fsp3) is 0.238. The van der Waals surface area contributed by atoms with Gasteiger partial charge in [0.25, 0.3) is 5.91 Å². The van der Waals surface area contributed by atoms with E-state index in [0.29, 0.717) is 52.2 Å². The van der Waals surface area contributed by atoms with Gasteiger partial charge in [0, 0.05) is 27.5 Å². The van der Waals surface area contributed by atoms with E-state index < -0.39 is 12.0 Å². The molecule has 2 aromatic carbocycles. The Balaban J connectivity index is 1.47. The van der Waals surface area contributed by atoms with Gasteiger partial charge in [-0.25, -0.2) is 14.8 Å². The first kappa shape index (κ1) is 20.4. The molecule has 7 nitrogen and oxygen atoms in total. The van der Waals surface area contributed by atoms with Gasteiger partial charge in [-0.1, -0.05) is 35.3 Å². The van der Waals surface area contributed by atoms with Crippen molar-refractivity contribution in [3.05, 3.63) is 63.9 Å². The maximum Gasteiger partial charge on any atom is 0.329 e. The number of fused-ring (bicyclic) bond motifs is 1. The minimum atomic E-state index is -0.687. The molecule has 0 bridgehead atoms. The molecular formula is C21H18Cl2N4O3. The van der Waals surface area contributed by atoms with Crippen LogP contribution in [0.25, 0.3) is 10.9 Å². The average molecular weight is 445 g/mol. The molecule has 1 atom stereocenters. The highest BCUT2D eigenvalue weighted by Gasteiger charge is 2.36. The highest BCUT2D eigenvalue weighted by molar-refractivity contribution is 6.35. The maximum absolute atomic E-state index is 12.9. The van der Waals surface area contributed by atoms with Crippen LogP contribution in [0.1, 0.15) is 29.0 Å². The molecule has 1 aliphatic rings. The van der Waals surface area contributed by atoms with Crippen molar-refractivity contribution in [2.75, 3.05) is 12.3 Å². The number of hydrogen-bond acceptors (Lipinski definition) is 6. The fourth-order valence-electron chi connectivity index (χ4n) is 3.55. The predicted molar refractivity (Wildman–Crippen MR) is 114 cm³/mol. The summed E-state index contributed by atoms with van der Waals surface area (Å²) < 4.78 is 5.41. The normalized spacial score (nSPS) is 16.1. The number of nitrogens with two attached hydrogens (primary N) is 1. The lowest BCUT2D eigenvalue weighted by Crippen LogP contribution is -2.41. The summed E-state index contributed by atoms with van der Waals surface area (Å²) in [5.41, 5.74) is 6.97. The monoisotopic (exact) mass is 444 g/mol. The number of hydrogen-bond donors (Lipinski definition) is 1. The zero-order valence-electron chi connectivity index (χ0n) is 15.8. The molecule has 2 N–H and O–H groups in total. The zero-order valence-corrected chi connectivity index (χ0v) is 17.4. The van der Waals surface area contributed by atoms with E-state index >= 15 is 0 Å². The van der Waals surface area contributed by atoms with Gasteiger partial charge in [0.2, 0.25) is 0 Å². The van der Waals surface area contributed by atoms with E-state index in [1.807, 2.05) is 24.3 Å². The molecule has 4 rings (SSSR count). The van der Waals surface area contributed by atoms with Crippen molar-refractivity contribution in [1.82, 2.24) is 14.9 Å². The molecule has 1 fully saturated rings. The van der Waals surface area contributed by atoms with Crippen LogP contribution in [0.5, 0.6) is 0 Å². The number of amides is 1. The first-order valence-electron chi connectivity index (χ1n) is 9.37. The van der Waals surface area contributed by atoms with E-state index in [4.69, 9.17) is 33.7 Å². The number of halogens is 2. The highest BCUT2D eigenvalue weighted by Crippen LogP contribution is 2.25. The standard InChI is InChI=1S/C21H18Cl2N4O3/c22-13-8-12(9-14(23)10-13)20(28)27-7-3-6-17(27)21(29)30-11-18-25-16-5-2-1-4-15(16)19(24)26-18/h1-2,4-5,8-10,17H,3,6-7,11H2,(H2,24,25,26)/t17-/m0/s1. The Kier molecular flexibility index (Phi) is 5.74. The lowest BCUT2D eigenvalue weighted by atomic mass is 10.1. The van der Waals surface area contributed by atoms with Crippen molar-refractivity contribution in [2.45, 2.75) is 25.5 Å². The number of ether oxygens (including phenoxy) is 1. The van der Waals surface area contributed by atoms with Crippen LogP contribution in [-0.4, -0.2) is 39.3 Å². The number of carbonyl (C=O) groups is 2. The van der Waals surface area contributed by atoms with Crippen molar-refractivity contribution in [2.24, 2.45) is 0 Å². The van der Waals surface area contributed by atoms with E-state index in [1.54, 1.807) is 6.07 Å². The SMILES string of the molecule is Nc1nc(COC(=O)[C@@H]2CCCN2C(=O)c2cc(Cl)cc(Cl)c2)nc2ccccc12. The predicted octanol–water partition coefficient (Wildman–Crippen LogP) is 3.87. The summed E-state index contributed by atoms with van der Waals surface area (Å²) in [6.45, 7) is 0.317. The van der Waals surface area contributed by atoms with E-state index in [1.165, 1.54) is 17.0 Å². The van der Waals surface area contributed by atoms with Crippen molar-refractivity contribution in [1.29, 1.82) is 0 Å². The van der Waals surface area contributed by atoms with Crippen molar-refractivity contribution < 1.29 is 14.3 Å². The molecular weight excluding hydrogens is 427 g/mol. The summed E-state index contributed by atoms with van der Waals surface area (Å²) in [5.74, 6) is -0.200. The van der Waals surface area contributed by atoms with Gasteiger partial charge in [0.1, 0.15) is 11.9 Å². The van der Waals surface area contributed by atoms with Gasteiger partial charge in [-0.05, 0) is 43.2 Å². The maximum atomic E-state index is 12.9. The number of nitrogens with zero attached hydrogens (tertiary/aromatic N) is 3. The minimum Gasteiger partial charge on any atom is -0.456 e. The second kappa shape index (κ2) is 8.45. The van der Waals surface area contributed by atoms with Gasteiger partial charge >= 0.3 is 5.97 Å². The first-order chi connectivity index (χ1) is 14.4. The number of nitrogen functional groups attached to an aromatic ring is 1. The molecule has 0 unspecified atom stereocenters. The lowest BCUT2D eigenvalue weighted by Gasteiger charge is -2.23.